The van der Waals surface area contributed by atoms with Gasteiger partial charge in [0.2, 0.25) is 0 Å². The van der Waals surface area contributed by atoms with Crippen LogP contribution in [0.3, 0.4) is 0 Å². The Balaban J connectivity index is 1.65. The van der Waals surface area contributed by atoms with Crippen molar-refractivity contribution in [3.63, 3.8) is 0 Å². The van der Waals surface area contributed by atoms with Gasteiger partial charge >= 0.3 is 0 Å². The van der Waals surface area contributed by atoms with E-state index in [4.69, 9.17) is 4.52 Å². The van der Waals surface area contributed by atoms with E-state index in [1.165, 1.54) is 12.1 Å². The molecular weight excluding hydrogens is 307 g/mol. The molecule has 120 valence electrons. The van der Waals surface area contributed by atoms with Crippen molar-refractivity contribution >= 4 is 11.6 Å². The van der Waals surface area contributed by atoms with Gasteiger partial charge in [-0.1, -0.05) is 23.4 Å². The second kappa shape index (κ2) is 5.60. The van der Waals surface area contributed by atoms with Crippen molar-refractivity contribution < 1.29 is 13.7 Å². The quantitative estimate of drug-likeness (QED) is 0.714. The van der Waals surface area contributed by atoms with Crippen molar-refractivity contribution in [2.75, 3.05) is 4.90 Å². The third kappa shape index (κ3) is 2.38. The van der Waals surface area contributed by atoms with E-state index < -0.39 is 0 Å². The first-order chi connectivity index (χ1) is 11.6. The highest BCUT2D eigenvalue weighted by molar-refractivity contribution is 6.06. The molecule has 1 aliphatic rings. The summed E-state index contributed by atoms with van der Waals surface area (Å²) in [4.78, 5) is 14.6. The van der Waals surface area contributed by atoms with E-state index in [9.17, 15) is 9.18 Å². The number of amides is 1. The summed E-state index contributed by atoms with van der Waals surface area (Å²) in [7, 11) is 0. The van der Waals surface area contributed by atoms with Crippen LogP contribution in [-0.2, 0) is 6.42 Å². The van der Waals surface area contributed by atoms with Crippen LogP contribution in [0.2, 0.25) is 0 Å². The maximum Gasteiger partial charge on any atom is 0.280 e. The van der Waals surface area contributed by atoms with Crippen LogP contribution >= 0.6 is 0 Å². The standard InChI is InChI=1S/C19H15FN2O2/c1-12-10-14-4-2-3-5-17(14)22(12)19(23)16-11-18(24-21-16)13-6-8-15(20)9-7-13/h2-9,11-12H,10H2,1H3. The average molecular weight is 322 g/mol. The molecule has 1 atom stereocenters. The average Bonchev–Trinajstić information content (AvgIpc) is 3.19. The number of para-hydroxylation sites is 1. The second-order valence-corrected chi connectivity index (χ2v) is 5.94. The van der Waals surface area contributed by atoms with Crippen LogP contribution in [0.4, 0.5) is 10.1 Å². The lowest BCUT2D eigenvalue weighted by atomic mass is 10.1. The van der Waals surface area contributed by atoms with E-state index in [1.54, 1.807) is 23.1 Å². The molecule has 4 nitrogen and oxygen atoms in total. The van der Waals surface area contributed by atoms with E-state index in [2.05, 4.69) is 5.16 Å². The molecule has 1 aromatic heterocycles. The Kier molecular flexibility index (Phi) is 3.41. The minimum Gasteiger partial charge on any atom is -0.355 e. The van der Waals surface area contributed by atoms with E-state index in [-0.39, 0.29) is 23.5 Å². The zero-order valence-corrected chi connectivity index (χ0v) is 13.1. The first-order valence-corrected chi connectivity index (χ1v) is 7.77. The van der Waals surface area contributed by atoms with Crippen molar-refractivity contribution in [3.05, 3.63) is 71.7 Å². The zero-order chi connectivity index (χ0) is 16.7. The first kappa shape index (κ1) is 14.6. The number of carbonyl (C=O) groups excluding carboxylic acids is 1. The molecule has 2 heterocycles. The maximum absolute atomic E-state index is 13.0. The largest absolute Gasteiger partial charge is 0.355 e. The molecule has 2 aromatic carbocycles. The summed E-state index contributed by atoms with van der Waals surface area (Å²) in [6.45, 7) is 2.01. The Morgan fingerprint density at radius 2 is 1.96 bits per heavy atom. The Morgan fingerprint density at radius 1 is 1.21 bits per heavy atom. The molecule has 4 rings (SSSR count). The molecule has 24 heavy (non-hydrogen) atoms. The third-order valence-electron chi connectivity index (χ3n) is 4.28. The number of fused-ring (bicyclic) bond motifs is 1. The number of rotatable bonds is 2. The molecule has 0 bridgehead atoms. The zero-order valence-electron chi connectivity index (χ0n) is 13.1. The Labute approximate surface area is 138 Å². The van der Waals surface area contributed by atoms with Crippen LogP contribution in [0.5, 0.6) is 0 Å². The fraction of sp³-hybridized carbons (Fsp3) is 0.158. The van der Waals surface area contributed by atoms with Gasteiger partial charge in [0.15, 0.2) is 11.5 Å². The van der Waals surface area contributed by atoms with Crippen LogP contribution in [0, 0.1) is 5.82 Å². The minimum absolute atomic E-state index is 0.0703. The van der Waals surface area contributed by atoms with Crippen molar-refractivity contribution in [3.8, 4) is 11.3 Å². The van der Waals surface area contributed by atoms with Crippen molar-refractivity contribution in [1.82, 2.24) is 5.16 Å². The van der Waals surface area contributed by atoms with Gasteiger partial charge in [0.1, 0.15) is 5.82 Å². The number of benzene rings is 2. The highest BCUT2D eigenvalue weighted by Gasteiger charge is 2.32. The van der Waals surface area contributed by atoms with Crippen LogP contribution in [-0.4, -0.2) is 17.1 Å². The summed E-state index contributed by atoms with van der Waals surface area (Å²) in [6, 6.07) is 15.4. The predicted octanol–water partition coefficient (Wildman–Crippen LogP) is 4.07. The number of aromatic nitrogens is 1. The van der Waals surface area contributed by atoms with Crippen LogP contribution in [0.1, 0.15) is 23.0 Å². The van der Waals surface area contributed by atoms with Gasteiger partial charge in [-0.2, -0.15) is 0 Å². The van der Waals surface area contributed by atoms with E-state index in [0.29, 0.717) is 11.3 Å². The van der Waals surface area contributed by atoms with Crippen LogP contribution < -0.4 is 4.90 Å². The number of hydrogen-bond acceptors (Lipinski definition) is 3. The lowest BCUT2D eigenvalue weighted by Crippen LogP contribution is -2.35. The third-order valence-corrected chi connectivity index (χ3v) is 4.28. The van der Waals surface area contributed by atoms with Gasteiger partial charge in [0.25, 0.3) is 5.91 Å². The van der Waals surface area contributed by atoms with E-state index in [0.717, 1.165) is 17.7 Å². The molecule has 0 saturated heterocycles. The van der Waals surface area contributed by atoms with Gasteiger partial charge in [-0.25, -0.2) is 4.39 Å². The lowest BCUT2D eigenvalue weighted by molar-refractivity contribution is 0.0973. The molecule has 0 radical (unpaired) electrons. The van der Waals surface area contributed by atoms with Gasteiger partial charge < -0.3 is 9.42 Å². The number of hydrogen-bond donors (Lipinski definition) is 0. The molecule has 0 saturated carbocycles. The molecule has 1 amide bonds. The van der Waals surface area contributed by atoms with E-state index >= 15 is 0 Å². The molecule has 3 aromatic rings. The molecular formula is C19H15FN2O2. The summed E-state index contributed by atoms with van der Waals surface area (Å²) in [5.41, 5.74) is 3.00. The Hall–Kier alpha value is -2.95. The predicted molar refractivity (Wildman–Crippen MR) is 88.3 cm³/mol. The fourth-order valence-corrected chi connectivity index (χ4v) is 3.12. The fourth-order valence-electron chi connectivity index (χ4n) is 3.12. The molecule has 0 aliphatic carbocycles. The first-order valence-electron chi connectivity index (χ1n) is 7.77. The lowest BCUT2D eigenvalue weighted by Gasteiger charge is -2.21. The number of carbonyl (C=O) groups is 1. The number of anilines is 1. The van der Waals surface area contributed by atoms with E-state index in [1.807, 2.05) is 31.2 Å². The molecule has 0 spiro atoms. The van der Waals surface area contributed by atoms with Crippen LogP contribution in [0.15, 0.2) is 59.1 Å². The van der Waals surface area contributed by atoms with Gasteiger partial charge in [0, 0.05) is 23.4 Å². The van der Waals surface area contributed by atoms with Crippen molar-refractivity contribution in [2.45, 2.75) is 19.4 Å². The normalized spacial score (nSPS) is 16.2. The topological polar surface area (TPSA) is 46.3 Å². The molecule has 0 N–H and O–H groups in total. The molecule has 5 heteroatoms. The van der Waals surface area contributed by atoms with Crippen molar-refractivity contribution in [1.29, 1.82) is 0 Å². The van der Waals surface area contributed by atoms with Gasteiger partial charge in [-0.05, 0) is 49.2 Å². The monoisotopic (exact) mass is 322 g/mol. The minimum atomic E-state index is -0.322. The van der Waals surface area contributed by atoms with Gasteiger partial charge in [-0.15, -0.1) is 0 Å². The summed E-state index contributed by atoms with van der Waals surface area (Å²) in [5.74, 6) is -0.0693. The highest BCUT2D eigenvalue weighted by atomic mass is 19.1. The summed E-state index contributed by atoms with van der Waals surface area (Å²) in [6.07, 6.45) is 0.824. The summed E-state index contributed by atoms with van der Waals surface area (Å²) in [5, 5.41) is 3.91. The summed E-state index contributed by atoms with van der Waals surface area (Å²) >= 11 is 0. The molecule has 1 unspecified atom stereocenters. The SMILES string of the molecule is CC1Cc2ccccc2N1C(=O)c1cc(-c2ccc(F)cc2)on1. The maximum atomic E-state index is 13.0. The van der Waals surface area contributed by atoms with Crippen molar-refractivity contribution in [2.24, 2.45) is 0 Å². The number of nitrogens with zero attached hydrogens (tertiary/aromatic N) is 2. The Bertz CT molecular complexity index is 902. The van der Waals surface area contributed by atoms with Crippen LogP contribution in [0.25, 0.3) is 11.3 Å². The summed E-state index contributed by atoms with van der Waals surface area (Å²) < 4.78 is 18.3. The highest BCUT2D eigenvalue weighted by Crippen LogP contribution is 2.33. The van der Waals surface area contributed by atoms with Gasteiger partial charge in [0.05, 0.1) is 0 Å². The molecule has 0 fully saturated rings. The second-order valence-electron chi connectivity index (χ2n) is 5.94. The Morgan fingerprint density at radius 3 is 2.75 bits per heavy atom. The number of halogens is 1. The van der Waals surface area contributed by atoms with Gasteiger partial charge in [-0.3, -0.25) is 4.79 Å². The molecule has 1 aliphatic heterocycles. The smallest absolute Gasteiger partial charge is 0.280 e.